The smallest absolute Gasteiger partial charge is 0.274 e. The predicted molar refractivity (Wildman–Crippen MR) is 118 cm³/mol. The van der Waals surface area contributed by atoms with Crippen molar-refractivity contribution in [2.24, 2.45) is 0 Å². The van der Waals surface area contributed by atoms with Crippen LogP contribution < -0.4 is 10.1 Å². The first-order valence-electron chi connectivity index (χ1n) is 10.2. The summed E-state index contributed by atoms with van der Waals surface area (Å²) in [5.41, 5.74) is 3.93. The van der Waals surface area contributed by atoms with Crippen molar-refractivity contribution in [2.45, 2.75) is 32.8 Å². The van der Waals surface area contributed by atoms with E-state index in [1.807, 2.05) is 6.07 Å². The number of thiazole rings is 1. The fraction of sp³-hybridized carbons (Fsp3) is 0.348. The Kier molecular flexibility index (Phi) is 5.99. The van der Waals surface area contributed by atoms with Gasteiger partial charge in [-0.1, -0.05) is 41.7 Å². The normalized spacial score (nSPS) is 14.7. The monoisotopic (exact) mass is 423 g/mol. The standard InChI is InChI=1S/C23H25N3O3S/c1-15-8-9-16(2)21-20(15)25-23(30-21)29-18-10-12-26(13-11-18)19(27)14-24-22(28)17-6-4-3-5-7-17/h3-9,18H,10-14H2,1-2H3,(H,24,28). The Morgan fingerprint density at radius 2 is 1.80 bits per heavy atom. The third kappa shape index (κ3) is 4.46. The number of carbonyl (C=O) groups excluding carboxylic acids is 2. The summed E-state index contributed by atoms with van der Waals surface area (Å²) in [6, 6.07) is 13.1. The molecule has 2 heterocycles. The van der Waals surface area contributed by atoms with Crippen LogP contribution in [0.25, 0.3) is 10.2 Å². The van der Waals surface area contributed by atoms with Gasteiger partial charge in [0.1, 0.15) is 6.10 Å². The highest BCUT2D eigenvalue weighted by Gasteiger charge is 2.25. The number of ether oxygens (including phenoxy) is 1. The van der Waals surface area contributed by atoms with Crippen LogP contribution in [0.1, 0.15) is 34.3 Å². The molecule has 0 radical (unpaired) electrons. The summed E-state index contributed by atoms with van der Waals surface area (Å²) < 4.78 is 7.31. The third-order valence-electron chi connectivity index (χ3n) is 5.42. The lowest BCUT2D eigenvalue weighted by atomic mass is 10.1. The van der Waals surface area contributed by atoms with Crippen molar-refractivity contribution in [3.8, 4) is 5.19 Å². The van der Waals surface area contributed by atoms with Gasteiger partial charge in [-0.3, -0.25) is 9.59 Å². The van der Waals surface area contributed by atoms with E-state index in [1.165, 1.54) is 10.3 Å². The van der Waals surface area contributed by atoms with E-state index in [9.17, 15) is 9.59 Å². The van der Waals surface area contributed by atoms with Gasteiger partial charge >= 0.3 is 0 Å². The second kappa shape index (κ2) is 8.83. The Labute approximate surface area is 179 Å². The zero-order valence-electron chi connectivity index (χ0n) is 17.2. The molecule has 30 heavy (non-hydrogen) atoms. The molecular weight excluding hydrogens is 398 g/mol. The van der Waals surface area contributed by atoms with E-state index in [0.29, 0.717) is 23.8 Å². The van der Waals surface area contributed by atoms with Crippen LogP contribution in [0, 0.1) is 13.8 Å². The lowest BCUT2D eigenvalue weighted by Crippen LogP contribution is -2.46. The van der Waals surface area contributed by atoms with Gasteiger partial charge in [0, 0.05) is 31.5 Å². The SMILES string of the molecule is Cc1ccc(C)c2sc(OC3CCN(C(=O)CNC(=O)c4ccccc4)CC3)nc12. The number of likely N-dealkylation sites (tertiary alicyclic amines) is 1. The van der Waals surface area contributed by atoms with Gasteiger partial charge in [-0.15, -0.1) is 0 Å². The maximum Gasteiger partial charge on any atom is 0.274 e. The molecule has 0 spiro atoms. The predicted octanol–water partition coefficient (Wildman–Crippen LogP) is 3.71. The van der Waals surface area contributed by atoms with E-state index >= 15 is 0 Å². The van der Waals surface area contributed by atoms with Gasteiger partial charge in [0.15, 0.2) is 0 Å². The highest BCUT2D eigenvalue weighted by atomic mass is 32.1. The molecule has 7 heteroatoms. The first-order valence-corrected chi connectivity index (χ1v) is 11.0. The number of benzene rings is 2. The van der Waals surface area contributed by atoms with E-state index in [0.717, 1.165) is 23.9 Å². The summed E-state index contributed by atoms with van der Waals surface area (Å²) >= 11 is 1.59. The van der Waals surface area contributed by atoms with Crippen molar-refractivity contribution in [3.63, 3.8) is 0 Å². The minimum absolute atomic E-state index is 0.00960. The largest absolute Gasteiger partial charge is 0.467 e. The zero-order valence-corrected chi connectivity index (χ0v) is 18.0. The van der Waals surface area contributed by atoms with Crippen LogP contribution in [0.3, 0.4) is 0 Å². The summed E-state index contributed by atoms with van der Waals surface area (Å²) in [4.78, 5) is 31.0. The molecule has 6 nitrogen and oxygen atoms in total. The number of nitrogens with one attached hydrogen (secondary N) is 1. The quantitative estimate of drug-likeness (QED) is 0.679. The Morgan fingerprint density at radius 1 is 1.10 bits per heavy atom. The van der Waals surface area contributed by atoms with Crippen LogP contribution in [0.15, 0.2) is 42.5 Å². The Morgan fingerprint density at radius 3 is 2.50 bits per heavy atom. The van der Waals surface area contributed by atoms with Gasteiger partial charge in [0.2, 0.25) is 5.91 Å². The maximum absolute atomic E-state index is 12.5. The zero-order chi connectivity index (χ0) is 21.1. The topological polar surface area (TPSA) is 71.5 Å². The molecule has 0 unspecified atom stereocenters. The number of carbonyl (C=O) groups is 2. The minimum atomic E-state index is -0.233. The summed E-state index contributed by atoms with van der Waals surface area (Å²) in [7, 11) is 0. The molecule has 0 saturated carbocycles. The van der Waals surface area contributed by atoms with Crippen LogP contribution >= 0.6 is 11.3 Å². The van der Waals surface area contributed by atoms with Crippen LogP contribution in [-0.4, -0.2) is 47.4 Å². The molecule has 1 aliphatic rings. The van der Waals surface area contributed by atoms with Gasteiger partial charge in [-0.2, -0.15) is 0 Å². The van der Waals surface area contributed by atoms with Crippen LogP contribution in [-0.2, 0) is 4.79 Å². The molecule has 2 amide bonds. The molecule has 2 aromatic carbocycles. The molecule has 0 aliphatic carbocycles. The number of aryl methyl sites for hydroxylation is 2. The van der Waals surface area contributed by atoms with Gasteiger partial charge < -0.3 is 15.0 Å². The number of piperidine rings is 1. The molecule has 1 aliphatic heterocycles. The summed E-state index contributed by atoms with van der Waals surface area (Å²) in [6.07, 6.45) is 1.56. The average Bonchev–Trinajstić information content (AvgIpc) is 3.20. The summed E-state index contributed by atoms with van der Waals surface area (Å²) in [6.45, 7) is 5.40. The van der Waals surface area contributed by atoms with Gasteiger partial charge in [-0.25, -0.2) is 4.98 Å². The average molecular weight is 424 g/mol. The second-order valence-electron chi connectivity index (χ2n) is 7.60. The second-order valence-corrected chi connectivity index (χ2v) is 8.57. The van der Waals surface area contributed by atoms with Crippen molar-refractivity contribution in [1.82, 2.24) is 15.2 Å². The Hall–Kier alpha value is -2.93. The highest BCUT2D eigenvalue weighted by Crippen LogP contribution is 2.33. The van der Waals surface area contributed by atoms with Gasteiger partial charge in [0.05, 0.1) is 16.8 Å². The van der Waals surface area contributed by atoms with E-state index in [4.69, 9.17) is 4.74 Å². The molecule has 3 aromatic rings. The number of hydrogen-bond donors (Lipinski definition) is 1. The van der Waals surface area contributed by atoms with Crippen LogP contribution in [0.4, 0.5) is 0 Å². The molecule has 1 N–H and O–H groups in total. The maximum atomic E-state index is 12.5. The highest BCUT2D eigenvalue weighted by molar-refractivity contribution is 7.20. The fourth-order valence-corrected chi connectivity index (χ4v) is 4.64. The van der Waals surface area contributed by atoms with Crippen molar-refractivity contribution in [3.05, 3.63) is 59.2 Å². The van der Waals surface area contributed by atoms with E-state index in [1.54, 1.807) is 40.5 Å². The molecule has 1 saturated heterocycles. The van der Waals surface area contributed by atoms with Crippen molar-refractivity contribution in [1.29, 1.82) is 0 Å². The van der Waals surface area contributed by atoms with Gasteiger partial charge in [-0.05, 0) is 37.1 Å². The number of fused-ring (bicyclic) bond motifs is 1. The molecule has 1 aromatic heterocycles. The Balaban J connectivity index is 1.27. The Bertz CT molecular complexity index is 1020. The fourth-order valence-electron chi connectivity index (χ4n) is 3.61. The number of nitrogens with zero attached hydrogens (tertiary/aromatic N) is 2. The molecule has 0 atom stereocenters. The van der Waals surface area contributed by atoms with E-state index in [-0.39, 0.29) is 24.5 Å². The summed E-state index contributed by atoms with van der Waals surface area (Å²) in [5.74, 6) is -0.299. The van der Waals surface area contributed by atoms with E-state index < -0.39 is 0 Å². The third-order valence-corrected chi connectivity index (χ3v) is 6.50. The van der Waals surface area contributed by atoms with Gasteiger partial charge in [0.25, 0.3) is 11.1 Å². The number of hydrogen-bond acceptors (Lipinski definition) is 5. The van der Waals surface area contributed by atoms with Crippen molar-refractivity contribution in [2.75, 3.05) is 19.6 Å². The first-order chi connectivity index (χ1) is 14.5. The van der Waals surface area contributed by atoms with Crippen molar-refractivity contribution >= 4 is 33.4 Å². The van der Waals surface area contributed by atoms with Crippen molar-refractivity contribution < 1.29 is 14.3 Å². The number of amides is 2. The lowest BCUT2D eigenvalue weighted by molar-refractivity contribution is -0.131. The van der Waals surface area contributed by atoms with Crippen LogP contribution in [0.5, 0.6) is 5.19 Å². The molecule has 4 rings (SSSR count). The van der Waals surface area contributed by atoms with E-state index in [2.05, 4.69) is 36.3 Å². The number of aromatic nitrogens is 1. The van der Waals surface area contributed by atoms with Crippen LogP contribution in [0.2, 0.25) is 0 Å². The molecule has 156 valence electrons. The molecule has 1 fully saturated rings. The first kappa shape index (κ1) is 20.3. The number of rotatable bonds is 5. The minimum Gasteiger partial charge on any atom is -0.467 e. The molecular formula is C23H25N3O3S. The molecule has 0 bridgehead atoms. The lowest BCUT2D eigenvalue weighted by Gasteiger charge is -2.31. The summed E-state index contributed by atoms with van der Waals surface area (Å²) in [5, 5.41) is 3.40.